The lowest BCUT2D eigenvalue weighted by atomic mass is 10.2. The Morgan fingerprint density at radius 1 is 0.714 bits per heavy atom. The molecule has 0 aromatic carbocycles. The Kier molecular flexibility index (Phi) is 6.39. The first kappa shape index (κ1) is 10.8. The van der Waals surface area contributed by atoms with Gasteiger partial charge in [0.2, 0.25) is 0 Å². The predicted molar refractivity (Wildman–Crippen MR) is 62.8 cm³/mol. The van der Waals surface area contributed by atoms with Crippen molar-refractivity contribution in [2.75, 3.05) is 0 Å². The largest absolute Gasteiger partial charge is 0.0879 e. The molecule has 1 rings (SSSR count). The minimum absolute atomic E-state index is 0.905. The predicted octanol–water partition coefficient (Wildman–Crippen LogP) is 4.14. The van der Waals surface area contributed by atoms with E-state index < -0.39 is 0 Å². The van der Waals surface area contributed by atoms with Crippen LogP contribution in [-0.2, 0) is 0 Å². The maximum absolute atomic E-state index is 3.18. The van der Waals surface area contributed by atoms with E-state index in [0.717, 1.165) is 25.7 Å². The molecular formula is C14H17. The Hall–Kier alpha value is -1.30. The van der Waals surface area contributed by atoms with Crippen LogP contribution in [0.1, 0.15) is 25.7 Å². The van der Waals surface area contributed by atoms with Gasteiger partial charge in [0, 0.05) is 0 Å². The summed E-state index contributed by atoms with van der Waals surface area (Å²) in [4.78, 5) is 0. The summed E-state index contributed by atoms with van der Waals surface area (Å²) in [5.41, 5.74) is 0. The van der Waals surface area contributed by atoms with Gasteiger partial charge in [-0.05, 0) is 31.8 Å². The average Bonchev–Trinajstić information content (AvgIpc) is 2.22. The van der Waals surface area contributed by atoms with Crippen LogP contribution in [0.2, 0.25) is 0 Å². The average molecular weight is 185 g/mol. The van der Waals surface area contributed by atoms with Gasteiger partial charge in [-0.3, -0.25) is 0 Å². The lowest BCUT2D eigenvalue weighted by Gasteiger charge is -1.87. The van der Waals surface area contributed by atoms with E-state index in [0.29, 0.717) is 0 Å². The van der Waals surface area contributed by atoms with Crippen LogP contribution in [0.4, 0.5) is 0 Å². The number of hydrogen-bond acceptors (Lipinski definition) is 0. The van der Waals surface area contributed by atoms with Crippen LogP contribution in [0.3, 0.4) is 0 Å². The van der Waals surface area contributed by atoms with Gasteiger partial charge in [0.05, 0.1) is 0 Å². The molecule has 0 saturated carbocycles. The molecule has 73 valence electrons. The molecule has 0 N–H and O–H groups in total. The van der Waals surface area contributed by atoms with E-state index >= 15 is 0 Å². The zero-order valence-corrected chi connectivity index (χ0v) is 8.52. The fourth-order valence-electron chi connectivity index (χ4n) is 1.16. The van der Waals surface area contributed by atoms with Crippen LogP contribution < -0.4 is 0 Å². The van der Waals surface area contributed by atoms with Crippen molar-refractivity contribution in [2.24, 2.45) is 0 Å². The molecule has 0 nitrogen and oxygen atoms in total. The van der Waals surface area contributed by atoms with Crippen molar-refractivity contribution in [3.05, 3.63) is 60.8 Å². The van der Waals surface area contributed by atoms with Crippen molar-refractivity contribution in [3.8, 4) is 0 Å². The lowest BCUT2D eigenvalue weighted by Crippen LogP contribution is -1.66. The third-order valence-corrected chi connectivity index (χ3v) is 1.91. The van der Waals surface area contributed by atoms with Crippen LogP contribution in [0.15, 0.2) is 54.7 Å². The topological polar surface area (TPSA) is 0 Å². The highest BCUT2D eigenvalue weighted by Crippen LogP contribution is 1.97. The van der Waals surface area contributed by atoms with Crippen LogP contribution in [0.25, 0.3) is 0 Å². The van der Waals surface area contributed by atoms with E-state index in [1.807, 2.05) is 18.2 Å². The SMILES string of the molecule is [C]1=C/C=C\C=C\CC/C=C/C/C=C/C/1. The summed E-state index contributed by atoms with van der Waals surface area (Å²) in [5.74, 6) is 0. The molecule has 0 fully saturated rings. The normalized spacial score (nSPS) is 29.7. The Morgan fingerprint density at radius 3 is 2.57 bits per heavy atom. The molecule has 0 unspecified atom stereocenters. The molecule has 0 aliphatic heterocycles. The third-order valence-electron chi connectivity index (χ3n) is 1.91. The van der Waals surface area contributed by atoms with Crippen molar-refractivity contribution >= 4 is 0 Å². The van der Waals surface area contributed by atoms with Crippen molar-refractivity contribution in [2.45, 2.75) is 25.7 Å². The standard InChI is InChI=1S/C14H17/c1-2-4-6-8-10-12-14-13-11-9-7-5-3-1/h1-5,10-13H,6,8-9,14H2/b3-1-,4-2+,7-5?,12-10+,13-11+. The summed E-state index contributed by atoms with van der Waals surface area (Å²) >= 11 is 0. The van der Waals surface area contributed by atoms with Gasteiger partial charge in [-0.15, -0.1) is 0 Å². The fraction of sp³-hybridized carbons (Fsp3) is 0.286. The Bertz CT molecular complexity index is 262. The van der Waals surface area contributed by atoms with Crippen LogP contribution in [-0.4, -0.2) is 0 Å². The summed E-state index contributed by atoms with van der Waals surface area (Å²) in [7, 11) is 0. The summed E-state index contributed by atoms with van der Waals surface area (Å²) in [6, 6.07) is 0. The maximum atomic E-state index is 3.18. The van der Waals surface area contributed by atoms with Gasteiger partial charge < -0.3 is 0 Å². The minimum atomic E-state index is 0.905. The Balaban J connectivity index is 2.45. The molecule has 1 aliphatic rings. The van der Waals surface area contributed by atoms with Gasteiger partial charge in [-0.25, -0.2) is 0 Å². The molecule has 0 heterocycles. The number of allylic oxidation sites excluding steroid dienone is 10. The quantitative estimate of drug-likeness (QED) is 0.497. The zero-order chi connectivity index (χ0) is 9.90. The molecule has 0 saturated heterocycles. The summed E-state index contributed by atoms with van der Waals surface area (Å²) in [5, 5.41) is 0. The molecule has 14 heavy (non-hydrogen) atoms. The third kappa shape index (κ3) is 6.24. The smallest absolute Gasteiger partial charge is 0.00945 e. The fourth-order valence-corrected chi connectivity index (χ4v) is 1.16. The molecule has 0 amide bonds. The zero-order valence-electron chi connectivity index (χ0n) is 8.52. The maximum Gasteiger partial charge on any atom is -0.00945 e. The van der Waals surface area contributed by atoms with Crippen molar-refractivity contribution in [1.29, 1.82) is 0 Å². The van der Waals surface area contributed by atoms with E-state index in [1.165, 1.54) is 0 Å². The summed E-state index contributed by atoms with van der Waals surface area (Å²) < 4.78 is 0. The summed E-state index contributed by atoms with van der Waals surface area (Å²) in [6.07, 6.45) is 26.5. The van der Waals surface area contributed by atoms with Crippen LogP contribution in [0, 0.1) is 6.08 Å². The second kappa shape index (κ2) is 8.31. The minimum Gasteiger partial charge on any atom is -0.0879 e. The molecule has 0 bridgehead atoms. The summed E-state index contributed by atoms with van der Waals surface area (Å²) in [6.45, 7) is 0. The molecule has 0 aromatic rings. The first-order valence-corrected chi connectivity index (χ1v) is 5.18. The first-order valence-electron chi connectivity index (χ1n) is 5.18. The molecule has 0 heteroatoms. The van der Waals surface area contributed by atoms with Crippen molar-refractivity contribution in [1.82, 2.24) is 0 Å². The van der Waals surface area contributed by atoms with E-state index in [-0.39, 0.29) is 0 Å². The highest BCUT2D eigenvalue weighted by molar-refractivity contribution is 5.10. The van der Waals surface area contributed by atoms with Crippen LogP contribution in [0.5, 0.6) is 0 Å². The first-order chi connectivity index (χ1) is 7.00. The van der Waals surface area contributed by atoms with Gasteiger partial charge >= 0.3 is 0 Å². The monoisotopic (exact) mass is 185 g/mol. The number of hydrogen-bond donors (Lipinski definition) is 0. The molecule has 1 radical (unpaired) electrons. The Morgan fingerprint density at radius 2 is 1.57 bits per heavy atom. The van der Waals surface area contributed by atoms with E-state index in [2.05, 4.69) is 42.5 Å². The molecule has 1 aliphatic carbocycles. The van der Waals surface area contributed by atoms with Gasteiger partial charge in [-0.1, -0.05) is 54.7 Å². The van der Waals surface area contributed by atoms with E-state index in [1.54, 1.807) is 0 Å². The van der Waals surface area contributed by atoms with Crippen molar-refractivity contribution in [3.63, 3.8) is 0 Å². The van der Waals surface area contributed by atoms with Gasteiger partial charge in [0.1, 0.15) is 0 Å². The van der Waals surface area contributed by atoms with Gasteiger partial charge in [-0.2, -0.15) is 0 Å². The molecule has 0 aromatic heterocycles. The lowest BCUT2D eigenvalue weighted by molar-refractivity contribution is 1.04. The second-order valence-corrected chi connectivity index (χ2v) is 3.14. The molecular weight excluding hydrogens is 168 g/mol. The highest BCUT2D eigenvalue weighted by Gasteiger charge is 1.77. The van der Waals surface area contributed by atoms with E-state index in [4.69, 9.17) is 0 Å². The molecule has 0 spiro atoms. The second-order valence-electron chi connectivity index (χ2n) is 3.14. The number of rotatable bonds is 0. The molecule has 0 atom stereocenters. The Labute approximate surface area is 87.0 Å². The van der Waals surface area contributed by atoms with Gasteiger partial charge in [0.15, 0.2) is 0 Å². The van der Waals surface area contributed by atoms with Crippen molar-refractivity contribution < 1.29 is 0 Å². The highest BCUT2D eigenvalue weighted by atomic mass is 13.8. The van der Waals surface area contributed by atoms with Crippen LogP contribution >= 0.6 is 0 Å². The van der Waals surface area contributed by atoms with Gasteiger partial charge in [0.25, 0.3) is 0 Å². The van der Waals surface area contributed by atoms with E-state index in [9.17, 15) is 0 Å².